The molecule has 1 aromatic carbocycles. The highest BCUT2D eigenvalue weighted by Gasteiger charge is 2.24. The average Bonchev–Trinajstić information content (AvgIpc) is 2.92. The molecule has 0 spiro atoms. The summed E-state index contributed by atoms with van der Waals surface area (Å²) in [5, 5.41) is 12.3. The minimum Gasteiger partial charge on any atom is -0.508 e. The first-order valence-corrected chi connectivity index (χ1v) is 7.36. The van der Waals surface area contributed by atoms with E-state index in [0.29, 0.717) is 6.42 Å². The van der Waals surface area contributed by atoms with E-state index < -0.39 is 6.10 Å². The van der Waals surface area contributed by atoms with Crippen LogP contribution in [0.3, 0.4) is 0 Å². The summed E-state index contributed by atoms with van der Waals surface area (Å²) in [5.41, 5.74) is 1.57. The van der Waals surface area contributed by atoms with E-state index in [2.05, 4.69) is 5.32 Å². The van der Waals surface area contributed by atoms with Gasteiger partial charge in [-0.05, 0) is 49.9 Å². The van der Waals surface area contributed by atoms with Gasteiger partial charge in [-0.2, -0.15) is 0 Å². The second kappa shape index (κ2) is 6.75. The molecule has 0 aliphatic heterocycles. The molecule has 1 amide bonds. The first-order chi connectivity index (χ1) is 9.60. The Labute approximate surface area is 120 Å². The topological polar surface area (TPSA) is 58.6 Å². The van der Waals surface area contributed by atoms with Gasteiger partial charge in [-0.15, -0.1) is 0 Å². The van der Waals surface area contributed by atoms with Crippen LogP contribution >= 0.6 is 0 Å². The zero-order chi connectivity index (χ0) is 14.5. The maximum absolute atomic E-state index is 12.3. The van der Waals surface area contributed by atoms with Gasteiger partial charge in [0.15, 0.2) is 0 Å². The van der Waals surface area contributed by atoms with Gasteiger partial charge in [0.2, 0.25) is 0 Å². The predicted molar refractivity (Wildman–Crippen MR) is 78.9 cm³/mol. The SMILES string of the molecule is CC[C@@H](OC1CCCC1)C(=O)Nc1ccc(O)cc1C. The van der Waals surface area contributed by atoms with Crippen molar-refractivity contribution in [1.82, 2.24) is 0 Å². The number of aryl methyl sites for hydroxylation is 1. The van der Waals surface area contributed by atoms with E-state index in [0.717, 1.165) is 24.1 Å². The maximum Gasteiger partial charge on any atom is 0.253 e. The molecule has 1 saturated carbocycles. The van der Waals surface area contributed by atoms with E-state index in [9.17, 15) is 9.90 Å². The first-order valence-electron chi connectivity index (χ1n) is 7.36. The number of nitrogens with one attached hydrogen (secondary N) is 1. The Hall–Kier alpha value is -1.55. The largest absolute Gasteiger partial charge is 0.508 e. The van der Waals surface area contributed by atoms with Gasteiger partial charge in [-0.25, -0.2) is 0 Å². The fraction of sp³-hybridized carbons (Fsp3) is 0.562. The third-order valence-electron chi connectivity index (χ3n) is 3.79. The van der Waals surface area contributed by atoms with Crippen LogP contribution in [0.5, 0.6) is 5.75 Å². The van der Waals surface area contributed by atoms with E-state index in [1.54, 1.807) is 18.2 Å². The van der Waals surface area contributed by atoms with Gasteiger partial charge in [0.1, 0.15) is 11.9 Å². The lowest BCUT2D eigenvalue weighted by Gasteiger charge is -2.20. The van der Waals surface area contributed by atoms with Crippen LogP contribution in [0.2, 0.25) is 0 Å². The number of aromatic hydroxyl groups is 1. The molecule has 0 saturated heterocycles. The Kier molecular flexibility index (Phi) is 5.01. The van der Waals surface area contributed by atoms with Crippen LogP contribution in [-0.4, -0.2) is 23.2 Å². The summed E-state index contributed by atoms with van der Waals surface area (Å²) in [6, 6.07) is 4.92. The summed E-state index contributed by atoms with van der Waals surface area (Å²) < 4.78 is 5.90. The van der Waals surface area contributed by atoms with E-state index >= 15 is 0 Å². The second-order valence-electron chi connectivity index (χ2n) is 5.43. The maximum atomic E-state index is 12.3. The molecule has 4 nitrogen and oxygen atoms in total. The van der Waals surface area contributed by atoms with E-state index in [-0.39, 0.29) is 17.8 Å². The molecule has 1 aromatic rings. The fourth-order valence-corrected chi connectivity index (χ4v) is 2.60. The lowest BCUT2D eigenvalue weighted by atomic mass is 10.1. The molecule has 110 valence electrons. The summed E-state index contributed by atoms with van der Waals surface area (Å²) >= 11 is 0. The molecule has 0 aromatic heterocycles. The van der Waals surface area contributed by atoms with Crippen molar-refractivity contribution in [2.24, 2.45) is 0 Å². The van der Waals surface area contributed by atoms with Crippen molar-refractivity contribution in [2.45, 2.75) is 58.2 Å². The Morgan fingerprint density at radius 3 is 2.75 bits per heavy atom. The van der Waals surface area contributed by atoms with Crippen LogP contribution in [0.15, 0.2) is 18.2 Å². The Morgan fingerprint density at radius 1 is 1.45 bits per heavy atom. The van der Waals surface area contributed by atoms with Crippen LogP contribution in [-0.2, 0) is 9.53 Å². The van der Waals surface area contributed by atoms with Gasteiger partial charge in [0.05, 0.1) is 6.10 Å². The number of ether oxygens (including phenoxy) is 1. The highest BCUT2D eigenvalue weighted by Crippen LogP contribution is 2.24. The lowest BCUT2D eigenvalue weighted by molar-refractivity contribution is -0.131. The molecule has 4 heteroatoms. The number of phenolic OH excluding ortho intramolecular Hbond substituents is 1. The quantitative estimate of drug-likeness (QED) is 0.811. The van der Waals surface area contributed by atoms with Crippen molar-refractivity contribution in [2.75, 3.05) is 5.32 Å². The Bertz CT molecular complexity index is 467. The van der Waals surface area contributed by atoms with Gasteiger partial charge in [0, 0.05) is 5.69 Å². The van der Waals surface area contributed by atoms with Gasteiger partial charge < -0.3 is 15.2 Å². The Morgan fingerprint density at radius 2 is 2.15 bits per heavy atom. The predicted octanol–water partition coefficient (Wildman–Crippen LogP) is 3.38. The van der Waals surface area contributed by atoms with Crippen molar-refractivity contribution < 1.29 is 14.6 Å². The van der Waals surface area contributed by atoms with E-state index in [1.807, 2.05) is 13.8 Å². The zero-order valence-electron chi connectivity index (χ0n) is 12.2. The second-order valence-corrected chi connectivity index (χ2v) is 5.43. The lowest BCUT2D eigenvalue weighted by Crippen LogP contribution is -2.33. The van der Waals surface area contributed by atoms with Crippen LogP contribution in [0.4, 0.5) is 5.69 Å². The zero-order valence-corrected chi connectivity index (χ0v) is 12.2. The number of carbonyl (C=O) groups excluding carboxylic acids is 1. The molecule has 0 unspecified atom stereocenters. The number of hydrogen-bond donors (Lipinski definition) is 2. The normalized spacial score (nSPS) is 17.1. The molecule has 2 rings (SSSR count). The van der Waals surface area contributed by atoms with Gasteiger partial charge in [-0.3, -0.25) is 4.79 Å². The third kappa shape index (κ3) is 3.73. The molecule has 0 radical (unpaired) electrons. The summed E-state index contributed by atoms with van der Waals surface area (Å²) in [6.45, 7) is 3.82. The number of phenols is 1. The minimum absolute atomic E-state index is 0.104. The highest BCUT2D eigenvalue weighted by atomic mass is 16.5. The van der Waals surface area contributed by atoms with Crippen LogP contribution in [0.1, 0.15) is 44.6 Å². The standard InChI is InChI=1S/C16H23NO3/c1-3-15(20-13-6-4-5-7-13)16(19)17-14-9-8-12(18)10-11(14)2/h8-10,13,15,18H,3-7H2,1-2H3,(H,17,19)/t15-/m1/s1. The number of anilines is 1. The van der Waals surface area contributed by atoms with Gasteiger partial charge in [0.25, 0.3) is 5.91 Å². The minimum atomic E-state index is -0.397. The van der Waals surface area contributed by atoms with Gasteiger partial charge in [-0.1, -0.05) is 19.8 Å². The molecule has 20 heavy (non-hydrogen) atoms. The molecule has 2 N–H and O–H groups in total. The van der Waals surface area contributed by atoms with E-state index in [4.69, 9.17) is 4.74 Å². The van der Waals surface area contributed by atoms with Crippen LogP contribution < -0.4 is 5.32 Å². The van der Waals surface area contributed by atoms with Crippen molar-refractivity contribution in [3.05, 3.63) is 23.8 Å². The van der Waals surface area contributed by atoms with Crippen LogP contribution in [0.25, 0.3) is 0 Å². The molecule has 0 bridgehead atoms. The number of amides is 1. The Balaban J connectivity index is 1.97. The van der Waals surface area contributed by atoms with Crippen LogP contribution in [0, 0.1) is 6.92 Å². The number of carbonyl (C=O) groups is 1. The monoisotopic (exact) mass is 277 g/mol. The molecule has 1 aliphatic rings. The smallest absolute Gasteiger partial charge is 0.253 e. The van der Waals surface area contributed by atoms with Crippen molar-refractivity contribution in [3.63, 3.8) is 0 Å². The van der Waals surface area contributed by atoms with Crippen molar-refractivity contribution in [3.8, 4) is 5.75 Å². The third-order valence-corrected chi connectivity index (χ3v) is 3.79. The first kappa shape index (κ1) is 14.9. The molecular formula is C16H23NO3. The summed E-state index contributed by atoms with van der Waals surface area (Å²) in [4.78, 5) is 12.3. The number of rotatable bonds is 5. The molecular weight excluding hydrogens is 254 g/mol. The molecule has 1 aliphatic carbocycles. The average molecular weight is 277 g/mol. The fourth-order valence-electron chi connectivity index (χ4n) is 2.60. The number of hydrogen-bond acceptors (Lipinski definition) is 3. The van der Waals surface area contributed by atoms with Crippen molar-refractivity contribution >= 4 is 11.6 Å². The van der Waals surface area contributed by atoms with Crippen molar-refractivity contribution in [1.29, 1.82) is 0 Å². The molecule has 0 heterocycles. The highest BCUT2D eigenvalue weighted by molar-refractivity contribution is 5.94. The summed E-state index contributed by atoms with van der Waals surface area (Å²) in [6.07, 6.45) is 5.00. The van der Waals surface area contributed by atoms with E-state index in [1.165, 1.54) is 12.8 Å². The summed E-state index contributed by atoms with van der Waals surface area (Å²) in [7, 11) is 0. The summed E-state index contributed by atoms with van der Waals surface area (Å²) in [5.74, 6) is 0.0999. The number of benzene rings is 1. The van der Waals surface area contributed by atoms with Gasteiger partial charge >= 0.3 is 0 Å². The molecule has 1 atom stereocenters. The molecule has 1 fully saturated rings.